The average Bonchev–Trinajstić information content (AvgIpc) is 3.56. The van der Waals surface area contributed by atoms with Crippen LogP contribution in [-0.4, -0.2) is 14.5 Å². The van der Waals surface area contributed by atoms with Crippen molar-refractivity contribution >= 4 is 0 Å². The Morgan fingerprint density at radius 1 is 1.17 bits per heavy atom. The number of aromatic nitrogens is 3. The molecule has 3 aromatic rings. The van der Waals surface area contributed by atoms with Gasteiger partial charge < -0.3 is 9.30 Å². The lowest BCUT2D eigenvalue weighted by atomic mass is 10.0. The van der Waals surface area contributed by atoms with E-state index in [1.54, 1.807) is 18.5 Å². The van der Waals surface area contributed by atoms with E-state index < -0.39 is 0 Å². The summed E-state index contributed by atoms with van der Waals surface area (Å²) >= 11 is 0. The van der Waals surface area contributed by atoms with Gasteiger partial charge in [-0.2, -0.15) is 0 Å². The second-order valence-corrected chi connectivity index (χ2v) is 7.87. The van der Waals surface area contributed by atoms with Gasteiger partial charge in [-0.25, -0.2) is 9.97 Å². The topological polar surface area (TPSA) is 57.0 Å². The second kappa shape index (κ2) is 8.96. The van der Waals surface area contributed by atoms with Gasteiger partial charge in [0.05, 0.1) is 0 Å². The van der Waals surface area contributed by atoms with Gasteiger partial charge in [-0.1, -0.05) is 24.0 Å². The number of aryl methyl sites for hydroxylation is 1. The normalized spacial score (nSPS) is 13.9. The SMILES string of the molecule is Cc1cc(OCc2cncnc2)cc(=O)n1[C@H](C)Cc1cccc(C#CC2CC2)c1. The molecular formula is C25H25N3O2. The van der Waals surface area contributed by atoms with Gasteiger partial charge in [0.2, 0.25) is 0 Å². The van der Waals surface area contributed by atoms with E-state index in [0.29, 0.717) is 18.3 Å². The Balaban J connectivity index is 1.46. The minimum absolute atomic E-state index is 0.0284. The molecule has 1 aliphatic carbocycles. The fourth-order valence-electron chi connectivity index (χ4n) is 3.52. The Kier molecular flexibility index (Phi) is 5.94. The van der Waals surface area contributed by atoms with Crippen LogP contribution in [0.1, 0.15) is 48.2 Å². The van der Waals surface area contributed by atoms with Crippen LogP contribution in [0.2, 0.25) is 0 Å². The van der Waals surface area contributed by atoms with Gasteiger partial charge >= 0.3 is 0 Å². The molecule has 152 valence electrons. The molecular weight excluding hydrogens is 374 g/mol. The van der Waals surface area contributed by atoms with Gasteiger partial charge in [0.1, 0.15) is 18.7 Å². The smallest absolute Gasteiger partial charge is 0.254 e. The molecule has 0 amide bonds. The van der Waals surface area contributed by atoms with Gasteiger partial charge in [0.15, 0.2) is 0 Å². The minimum Gasteiger partial charge on any atom is -0.489 e. The van der Waals surface area contributed by atoms with Crippen molar-refractivity contribution in [2.75, 3.05) is 0 Å². The summed E-state index contributed by atoms with van der Waals surface area (Å²) in [7, 11) is 0. The fraction of sp³-hybridized carbons (Fsp3) is 0.320. The Bertz CT molecular complexity index is 1140. The van der Waals surface area contributed by atoms with Gasteiger partial charge in [0, 0.05) is 47.2 Å². The number of benzene rings is 1. The van der Waals surface area contributed by atoms with E-state index in [2.05, 4.69) is 40.9 Å². The molecule has 2 heterocycles. The molecule has 1 aliphatic rings. The first-order valence-electron chi connectivity index (χ1n) is 10.3. The molecule has 1 fully saturated rings. The predicted molar refractivity (Wildman–Crippen MR) is 116 cm³/mol. The zero-order valence-corrected chi connectivity index (χ0v) is 17.3. The third-order valence-corrected chi connectivity index (χ3v) is 5.15. The quantitative estimate of drug-likeness (QED) is 0.586. The van der Waals surface area contributed by atoms with E-state index in [9.17, 15) is 4.79 Å². The molecule has 30 heavy (non-hydrogen) atoms. The van der Waals surface area contributed by atoms with Crippen molar-refractivity contribution in [3.05, 3.63) is 87.9 Å². The summed E-state index contributed by atoms with van der Waals surface area (Å²) in [5.41, 5.74) is 3.90. The standard InChI is InChI=1S/C25H25N3O2/c1-18(10-22-5-3-4-21(12-22)9-8-20-6-7-20)28-19(2)11-24(13-25(28)29)30-16-23-14-26-17-27-15-23/h3-5,11-15,17-18,20H,6-7,10,16H2,1-2H3/t18-/m1/s1. The van der Waals surface area contributed by atoms with Crippen LogP contribution >= 0.6 is 0 Å². The Hall–Kier alpha value is -3.39. The lowest BCUT2D eigenvalue weighted by Gasteiger charge is -2.19. The Labute approximate surface area is 176 Å². The van der Waals surface area contributed by atoms with Crippen LogP contribution in [0.4, 0.5) is 0 Å². The summed E-state index contributed by atoms with van der Waals surface area (Å²) in [6.07, 6.45) is 8.10. The van der Waals surface area contributed by atoms with E-state index in [1.807, 2.05) is 29.7 Å². The first-order valence-corrected chi connectivity index (χ1v) is 10.3. The molecule has 1 aromatic carbocycles. The largest absolute Gasteiger partial charge is 0.489 e. The van der Waals surface area contributed by atoms with Crippen molar-refractivity contribution in [2.45, 2.75) is 45.8 Å². The van der Waals surface area contributed by atoms with E-state index >= 15 is 0 Å². The number of ether oxygens (including phenoxy) is 1. The molecule has 0 N–H and O–H groups in total. The molecule has 0 spiro atoms. The van der Waals surface area contributed by atoms with Crippen molar-refractivity contribution in [2.24, 2.45) is 5.92 Å². The molecule has 0 unspecified atom stereocenters. The maximum absolute atomic E-state index is 12.8. The Morgan fingerprint density at radius 3 is 2.70 bits per heavy atom. The summed E-state index contributed by atoms with van der Waals surface area (Å²) in [6, 6.07) is 11.8. The second-order valence-electron chi connectivity index (χ2n) is 7.87. The van der Waals surface area contributed by atoms with Gasteiger partial charge in [-0.15, -0.1) is 0 Å². The van der Waals surface area contributed by atoms with Gasteiger partial charge in [-0.05, 0) is 56.9 Å². The van der Waals surface area contributed by atoms with Crippen molar-refractivity contribution in [3.8, 4) is 17.6 Å². The predicted octanol–water partition coefficient (Wildman–Crippen LogP) is 4.09. The van der Waals surface area contributed by atoms with E-state index in [4.69, 9.17) is 4.74 Å². The van der Waals surface area contributed by atoms with Gasteiger partial charge in [-0.3, -0.25) is 4.79 Å². The molecule has 0 saturated heterocycles. The maximum atomic E-state index is 12.8. The first kappa shape index (κ1) is 19.9. The zero-order valence-electron chi connectivity index (χ0n) is 17.3. The Morgan fingerprint density at radius 2 is 1.97 bits per heavy atom. The lowest BCUT2D eigenvalue weighted by molar-refractivity contribution is 0.303. The number of nitrogens with zero attached hydrogens (tertiary/aromatic N) is 3. The highest BCUT2D eigenvalue weighted by Crippen LogP contribution is 2.27. The van der Waals surface area contributed by atoms with Crippen molar-refractivity contribution in [3.63, 3.8) is 0 Å². The van der Waals surface area contributed by atoms with Crippen LogP contribution in [-0.2, 0) is 13.0 Å². The number of hydrogen-bond donors (Lipinski definition) is 0. The maximum Gasteiger partial charge on any atom is 0.254 e. The number of rotatable bonds is 6. The monoisotopic (exact) mass is 399 g/mol. The molecule has 4 rings (SSSR count). The summed E-state index contributed by atoms with van der Waals surface area (Å²) < 4.78 is 7.59. The highest BCUT2D eigenvalue weighted by molar-refractivity contribution is 5.38. The van der Waals surface area contributed by atoms with Crippen molar-refractivity contribution in [1.82, 2.24) is 14.5 Å². The molecule has 0 bridgehead atoms. The third-order valence-electron chi connectivity index (χ3n) is 5.15. The highest BCUT2D eigenvalue weighted by atomic mass is 16.5. The number of hydrogen-bond acceptors (Lipinski definition) is 4. The van der Waals surface area contributed by atoms with Crippen LogP contribution in [0, 0.1) is 24.7 Å². The van der Waals surface area contributed by atoms with Gasteiger partial charge in [0.25, 0.3) is 5.56 Å². The lowest BCUT2D eigenvalue weighted by Crippen LogP contribution is -2.26. The molecule has 5 nitrogen and oxygen atoms in total. The molecule has 0 aliphatic heterocycles. The summed E-state index contributed by atoms with van der Waals surface area (Å²) in [6.45, 7) is 4.33. The van der Waals surface area contributed by atoms with Crippen LogP contribution in [0.5, 0.6) is 5.75 Å². The molecule has 2 aromatic heterocycles. The van der Waals surface area contributed by atoms with E-state index in [-0.39, 0.29) is 11.6 Å². The van der Waals surface area contributed by atoms with Crippen molar-refractivity contribution < 1.29 is 4.74 Å². The summed E-state index contributed by atoms with van der Waals surface area (Å²) in [5.74, 6) is 7.72. The zero-order chi connectivity index (χ0) is 20.9. The minimum atomic E-state index is -0.0634. The highest BCUT2D eigenvalue weighted by Gasteiger charge is 2.17. The fourth-order valence-corrected chi connectivity index (χ4v) is 3.52. The van der Waals surface area contributed by atoms with Crippen LogP contribution in [0.15, 0.2) is 59.9 Å². The molecule has 1 atom stereocenters. The summed E-state index contributed by atoms with van der Waals surface area (Å²) in [4.78, 5) is 20.7. The first-order chi connectivity index (χ1) is 14.6. The van der Waals surface area contributed by atoms with Crippen LogP contribution in [0.25, 0.3) is 0 Å². The van der Waals surface area contributed by atoms with Crippen molar-refractivity contribution in [1.29, 1.82) is 0 Å². The molecule has 5 heteroatoms. The summed E-state index contributed by atoms with van der Waals surface area (Å²) in [5, 5.41) is 0. The van der Waals surface area contributed by atoms with E-state index in [0.717, 1.165) is 23.2 Å². The van der Waals surface area contributed by atoms with Crippen LogP contribution in [0.3, 0.4) is 0 Å². The average molecular weight is 399 g/mol. The van der Waals surface area contributed by atoms with E-state index in [1.165, 1.54) is 24.7 Å². The van der Waals surface area contributed by atoms with Crippen LogP contribution < -0.4 is 10.3 Å². The number of pyridine rings is 1. The third kappa shape index (κ3) is 5.15. The molecule has 0 radical (unpaired) electrons. The molecule has 1 saturated carbocycles.